The van der Waals surface area contributed by atoms with Crippen molar-refractivity contribution in [1.29, 1.82) is 0 Å². The van der Waals surface area contributed by atoms with E-state index in [0.717, 1.165) is 10.8 Å². The summed E-state index contributed by atoms with van der Waals surface area (Å²) in [4.78, 5) is 269. The molecule has 2 unspecified atom stereocenters. The lowest BCUT2D eigenvalue weighted by Crippen LogP contribution is -2.52. The Labute approximate surface area is 854 Å². The highest BCUT2D eigenvalue weighted by Gasteiger charge is 2.35. The number of carboxylic acid groups (broad SMARTS) is 12. The van der Waals surface area contributed by atoms with Gasteiger partial charge in [0, 0.05) is 192 Å². The maximum Gasteiger partial charge on any atom is 0.326 e. The fourth-order valence-corrected chi connectivity index (χ4v) is 16.5. The van der Waals surface area contributed by atoms with Crippen molar-refractivity contribution < 1.29 is 157 Å². The molecule has 7 rings (SSSR count). The van der Waals surface area contributed by atoms with Crippen LogP contribution in [0.4, 0.5) is 9.59 Å². The number of hydrogen-bond acceptors (Lipinski definition) is 30. The molecular weight excluding hydrogens is 2000 g/mol. The van der Waals surface area contributed by atoms with Crippen LogP contribution in [0.2, 0.25) is 0 Å². The number of nitrogens with zero attached hydrogens (tertiary/aromatic N) is 12. The van der Waals surface area contributed by atoms with E-state index in [1.807, 2.05) is 30.3 Å². The van der Waals surface area contributed by atoms with Crippen molar-refractivity contribution in [3.8, 4) is 0 Å². The Kier molecular flexibility index (Phi) is 52.8. The number of unbranched alkanes of at least 4 members (excludes halogenated alkanes) is 2. The van der Waals surface area contributed by atoms with Gasteiger partial charge in [-0.05, 0) is 152 Å². The van der Waals surface area contributed by atoms with Gasteiger partial charge in [0.1, 0.15) is 52.4 Å². The zero-order valence-corrected chi connectivity index (χ0v) is 83.3. The summed E-state index contributed by atoms with van der Waals surface area (Å²) in [5.74, 6) is -16.9. The number of urea groups is 2. The highest BCUT2D eigenvalue weighted by molar-refractivity contribution is 9.10. The lowest BCUT2D eigenvalue weighted by Gasteiger charge is -2.35. The van der Waals surface area contributed by atoms with Gasteiger partial charge in [0.15, 0.2) is 0 Å². The number of rotatable bonds is 56. The quantitative estimate of drug-likeness (QED) is 0.0194. The summed E-state index contributed by atoms with van der Waals surface area (Å²) in [7, 11) is 0. The molecule has 147 heavy (non-hydrogen) atoms. The summed E-state index contributed by atoms with van der Waals surface area (Å²) in [6.07, 6.45) is 2.93. The first-order chi connectivity index (χ1) is 69.8. The van der Waals surface area contributed by atoms with E-state index >= 15 is 0 Å². The highest BCUT2D eigenvalue weighted by atomic mass is 79.9. The third kappa shape index (κ3) is 47.2. The fourth-order valence-electron chi connectivity index (χ4n) is 16.2. The van der Waals surface area contributed by atoms with Crippen LogP contribution in [0.25, 0.3) is 10.8 Å². The number of ketones is 2. The van der Waals surface area contributed by atoms with Crippen LogP contribution in [0.15, 0.2) is 108 Å². The van der Waals surface area contributed by atoms with Crippen molar-refractivity contribution in [1.82, 2.24) is 90.9 Å². The van der Waals surface area contributed by atoms with Gasteiger partial charge >= 0.3 is 83.7 Å². The van der Waals surface area contributed by atoms with Gasteiger partial charge in [-0.25, -0.2) is 33.8 Å². The van der Waals surface area contributed by atoms with Crippen LogP contribution >= 0.6 is 15.9 Å². The van der Waals surface area contributed by atoms with Gasteiger partial charge in [-0.1, -0.05) is 54.6 Å². The van der Waals surface area contributed by atoms with Crippen molar-refractivity contribution in [2.24, 2.45) is 0 Å². The number of Topliss-reactive ketones (excluding diaryl/α,β-unsaturated/α-hetero) is 2. The lowest BCUT2D eigenvalue weighted by molar-refractivity contribution is -0.145. The number of amides is 8. The molecule has 804 valence electrons. The highest BCUT2D eigenvalue weighted by Crippen LogP contribution is 2.24. The van der Waals surface area contributed by atoms with Crippen molar-refractivity contribution >= 4 is 146 Å². The topological polar surface area (TPSA) is 715 Å². The second kappa shape index (κ2) is 63.9. The molecule has 0 saturated carbocycles. The molecule has 4 heterocycles. The van der Waals surface area contributed by atoms with Gasteiger partial charge in [-0.2, -0.15) is 0 Å². The maximum absolute atomic E-state index is 14.2. The van der Waals surface area contributed by atoms with Gasteiger partial charge in [-0.3, -0.25) is 102 Å². The number of aromatic nitrogens is 2. The third-order valence-corrected chi connectivity index (χ3v) is 24.6. The first-order valence-electron chi connectivity index (χ1n) is 47.6. The SMILES string of the molecule is CC(=O)CC[C@@H](NC(=O)N[C@H](CCCCN(Cc1ccc(Br)nc1)C(=O)c1ccc(CNC(=O)CCC(C(=O)O)N2CCN(CC(=O)O)CCN(CC(=O)O)CCN(CC(=O)O)CC2)cc1)C(=O)O)C(=O)O.CC(=O)CC[C@@H](NC(=O)N[C@H](CCCCN(Cc1nccc2ccccc12)C(=O)c1ccc(CNC(=O)CCC(C(=O)O)N2CCN(CC(=O)O)CCN(CC(=O)O)CCN(CC(=O)O)CC2)cc1)C(=O)O)C(=O)O. The zero-order valence-electron chi connectivity index (χ0n) is 81.8. The van der Waals surface area contributed by atoms with Crippen molar-refractivity contribution in [3.05, 3.63) is 142 Å². The molecule has 8 amide bonds. The number of benzene rings is 3. The molecule has 6 atom stereocenters. The van der Waals surface area contributed by atoms with Crippen LogP contribution in [-0.2, 0) is 103 Å². The first-order valence-corrected chi connectivity index (χ1v) is 48.4. The number of fused-ring (bicyclic) bond motifs is 1. The van der Waals surface area contributed by atoms with E-state index in [2.05, 4.69) is 57.8 Å². The molecule has 5 aromatic rings. The van der Waals surface area contributed by atoms with Gasteiger partial charge in [0.05, 0.1) is 51.5 Å². The molecule has 0 spiro atoms. The Morgan fingerprint density at radius 1 is 0.340 bits per heavy atom. The summed E-state index contributed by atoms with van der Waals surface area (Å²) >= 11 is 3.29. The number of carboxylic acids is 12. The number of carbonyl (C=O) groups excluding carboxylic acids is 8. The molecule has 0 radical (unpaired) electrons. The maximum atomic E-state index is 14.2. The average Bonchev–Trinajstić information content (AvgIpc) is 0.815. The van der Waals surface area contributed by atoms with Crippen LogP contribution in [0.1, 0.15) is 147 Å². The number of aliphatic carboxylic acids is 12. The molecule has 2 fully saturated rings. The summed E-state index contributed by atoms with van der Waals surface area (Å²) in [5, 5.41) is 132. The fraction of sp³-hybridized carbons (Fsp3) is 0.521. The van der Waals surface area contributed by atoms with E-state index in [-0.39, 0.29) is 284 Å². The van der Waals surface area contributed by atoms with Gasteiger partial charge in [0.2, 0.25) is 11.8 Å². The molecule has 2 aliphatic rings. The summed E-state index contributed by atoms with van der Waals surface area (Å²) in [5.41, 5.74) is 3.13. The average molecular weight is 2130 g/mol. The Bertz CT molecular complexity index is 5230. The normalized spacial score (nSPS) is 15.5. The Hall–Kier alpha value is -14.2. The van der Waals surface area contributed by atoms with Crippen LogP contribution in [0, 0.1) is 0 Å². The second-order valence-corrected chi connectivity index (χ2v) is 36.3. The molecule has 18 N–H and O–H groups in total. The Balaban J connectivity index is 0.000000449. The van der Waals surface area contributed by atoms with E-state index in [1.54, 1.807) is 122 Å². The van der Waals surface area contributed by atoms with Crippen LogP contribution in [0.5, 0.6) is 0 Å². The van der Waals surface area contributed by atoms with E-state index in [0.29, 0.717) is 51.0 Å². The van der Waals surface area contributed by atoms with Crippen molar-refractivity contribution in [3.63, 3.8) is 0 Å². The lowest BCUT2D eigenvalue weighted by atomic mass is 10.1. The van der Waals surface area contributed by atoms with Crippen LogP contribution in [0.3, 0.4) is 0 Å². The predicted octanol–water partition coefficient (Wildman–Crippen LogP) is 1.50. The second-order valence-electron chi connectivity index (χ2n) is 35.5. The smallest absolute Gasteiger partial charge is 0.326 e. The van der Waals surface area contributed by atoms with E-state index in [9.17, 15) is 157 Å². The van der Waals surface area contributed by atoms with E-state index in [4.69, 9.17) is 0 Å². The number of nitrogens with one attached hydrogen (secondary N) is 6. The molecule has 2 aromatic heterocycles. The monoisotopic (exact) mass is 2130 g/mol. The minimum Gasteiger partial charge on any atom is -0.480 e. The third-order valence-electron chi connectivity index (χ3n) is 24.2. The standard InChI is InChI=1S/C50H67N9O16.C46H64BrN9O16/c1-33(60)9-14-39(48(71)72)54-50(75)53-38(47(69)70)8-4-5-19-59(29-40-37-7-3-2-6-35(37)17-18-51-40)46(68)36-12-10-34(11-13-36)28-52-42(61)16-15-41(49(73)74)58-26-24-56(31-44(64)65)22-20-55(30-43(62)63)21-23-57(25-27-58)32-45(66)67;1-30(57)5-11-35(44(68)69)51-46(72)50-34(43(66)67)4-2-3-15-56(26-32-8-13-37(47)48-25-32)42(65)33-9-6-31(7-10-33)24-49-38(58)14-12-36(45(70)71)55-22-20-53(28-40(61)62)18-16-52(27-39(59)60)17-19-54(21-23-55)29-41(63)64/h2-3,6-7,10-13,17-18,38-39,41H,4-5,8-9,14-16,19-32H2,1H3,(H,52,61)(H,62,63)(H,64,65)(H,66,67)(H,69,70)(H,71,72)(H,73,74)(H2,53,54,75);6-10,13,25,34-36H,2-5,11-12,14-24,26-29H2,1H3,(H,49,58)(H,59,60)(H,61,62)(H,63,64)(H,66,67)(H,68,69)(H,70,71)(H2,50,51,72)/t38-,39-,41?;34-,35-,36?/m11/s1. The van der Waals surface area contributed by atoms with Gasteiger partial charge < -0.3 is 113 Å². The number of pyridine rings is 2. The van der Waals surface area contributed by atoms with E-state index < -0.39 is 132 Å². The van der Waals surface area contributed by atoms with Crippen LogP contribution < -0.4 is 31.9 Å². The molecule has 2 saturated heterocycles. The van der Waals surface area contributed by atoms with Gasteiger partial charge in [-0.15, -0.1) is 0 Å². The van der Waals surface area contributed by atoms with Gasteiger partial charge in [0.25, 0.3) is 11.8 Å². The number of hydrogen-bond donors (Lipinski definition) is 18. The Morgan fingerprint density at radius 3 is 0.959 bits per heavy atom. The van der Waals surface area contributed by atoms with Crippen molar-refractivity contribution in [2.45, 2.75) is 166 Å². The molecule has 0 bridgehead atoms. The molecular formula is C96H131BrN18O32. The predicted molar refractivity (Wildman–Crippen MR) is 525 cm³/mol. The molecule has 51 heteroatoms. The van der Waals surface area contributed by atoms with Crippen molar-refractivity contribution in [2.75, 3.05) is 157 Å². The number of halogens is 1. The Morgan fingerprint density at radius 2 is 0.653 bits per heavy atom. The largest absolute Gasteiger partial charge is 0.480 e. The molecule has 2 aliphatic heterocycles. The molecule has 50 nitrogen and oxygen atoms in total. The van der Waals surface area contributed by atoms with E-state index in [1.165, 1.54) is 13.8 Å². The zero-order chi connectivity index (χ0) is 108. The minimum absolute atomic E-state index is 0.0256. The van der Waals surface area contributed by atoms with Crippen LogP contribution in [-0.4, -0.2) is 432 Å². The first kappa shape index (κ1) is 121. The summed E-state index contributed by atoms with van der Waals surface area (Å²) in [6, 6.07) is 15.7. The molecule has 3 aromatic carbocycles. The number of carbonyl (C=O) groups is 20. The summed E-state index contributed by atoms with van der Waals surface area (Å²) < 4.78 is 0.578. The minimum atomic E-state index is -1.41. The molecule has 0 aliphatic carbocycles. The summed E-state index contributed by atoms with van der Waals surface area (Å²) in [6.45, 7) is 2.78.